The van der Waals surface area contributed by atoms with Crippen LogP contribution in [0.5, 0.6) is 0 Å². The van der Waals surface area contributed by atoms with Crippen LogP contribution in [0.25, 0.3) is 0 Å². The van der Waals surface area contributed by atoms with E-state index in [-0.39, 0.29) is 0 Å². The van der Waals surface area contributed by atoms with Gasteiger partial charge in [-0.05, 0) is 43.3 Å². The number of anilines is 1. The highest BCUT2D eigenvalue weighted by molar-refractivity contribution is 7.98. The van der Waals surface area contributed by atoms with Gasteiger partial charge in [0.1, 0.15) is 0 Å². The van der Waals surface area contributed by atoms with Crippen LogP contribution >= 0.6 is 11.8 Å². The molecule has 0 radical (unpaired) electrons. The van der Waals surface area contributed by atoms with Gasteiger partial charge in [0, 0.05) is 16.6 Å². The molecule has 0 spiro atoms. The van der Waals surface area contributed by atoms with Gasteiger partial charge in [0.05, 0.1) is 0 Å². The summed E-state index contributed by atoms with van der Waals surface area (Å²) in [7, 11) is 0. The number of hydrogen-bond donors (Lipinski definition) is 2. The van der Waals surface area contributed by atoms with Crippen molar-refractivity contribution < 1.29 is 0 Å². The summed E-state index contributed by atoms with van der Waals surface area (Å²) in [5, 5.41) is 3.56. The molecule has 1 aliphatic rings. The molecule has 3 N–H and O–H groups in total. The summed E-state index contributed by atoms with van der Waals surface area (Å²) in [6, 6.07) is 6.93. The Morgan fingerprint density at radius 1 is 1.40 bits per heavy atom. The molecule has 1 aromatic carbocycles. The first-order valence-corrected chi connectivity index (χ1v) is 6.70. The minimum atomic E-state index is 0.533. The summed E-state index contributed by atoms with van der Waals surface area (Å²) in [5.74, 6) is 0. The zero-order chi connectivity index (χ0) is 10.7. The third-order valence-corrected chi connectivity index (χ3v) is 3.76. The monoisotopic (exact) mass is 222 g/mol. The van der Waals surface area contributed by atoms with Gasteiger partial charge in [-0.15, -0.1) is 11.8 Å². The van der Waals surface area contributed by atoms with E-state index in [9.17, 15) is 0 Å². The molecule has 1 atom stereocenters. The zero-order valence-electron chi connectivity index (χ0n) is 9.12. The molecule has 0 saturated carbocycles. The average molecular weight is 222 g/mol. The fourth-order valence-corrected chi connectivity index (χ4v) is 2.64. The molecule has 0 aromatic heterocycles. The fraction of sp³-hybridized carbons (Fsp3) is 0.500. The first kappa shape index (κ1) is 10.8. The SMILES string of the molecule is CSc1cc(C2CCCCN2)ccc1N. The highest BCUT2D eigenvalue weighted by atomic mass is 32.2. The van der Waals surface area contributed by atoms with Crippen molar-refractivity contribution in [2.24, 2.45) is 0 Å². The van der Waals surface area contributed by atoms with Crippen LogP contribution in [0.2, 0.25) is 0 Å². The van der Waals surface area contributed by atoms with E-state index in [4.69, 9.17) is 5.73 Å². The number of rotatable bonds is 2. The minimum absolute atomic E-state index is 0.533. The molecular weight excluding hydrogens is 204 g/mol. The van der Waals surface area contributed by atoms with Crippen molar-refractivity contribution in [1.82, 2.24) is 5.32 Å². The first-order valence-electron chi connectivity index (χ1n) is 5.48. The molecule has 15 heavy (non-hydrogen) atoms. The molecule has 0 bridgehead atoms. The summed E-state index contributed by atoms with van der Waals surface area (Å²) >= 11 is 1.72. The third kappa shape index (κ3) is 2.47. The van der Waals surface area contributed by atoms with E-state index < -0.39 is 0 Å². The number of nitrogen functional groups attached to an aromatic ring is 1. The number of nitrogens with one attached hydrogen (secondary N) is 1. The van der Waals surface area contributed by atoms with Gasteiger partial charge in [-0.2, -0.15) is 0 Å². The smallest absolute Gasteiger partial charge is 0.0452 e. The van der Waals surface area contributed by atoms with Crippen LogP contribution in [0.1, 0.15) is 30.9 Å². The first-order chi connectivity index (χ1) is 7.31. The second-order valence-electron chi connectivity index (χ2n) is 4.00. The average Bonchev–Trinajstić information content (AvgIpc) is 2.31. The van der Waals surface area contributed by atoms with E-state index >= 15 is 0 Å². The van der Waals surface area contributed by atoms with Crippen LogP contribution in [0.3, 0.4) is 0 Å². The Hall–Kier alpha value is -0.670. The van der Waals surface area contributed by atoms with Gasteiger partial charge < -0.3 is 11.1 Å². The molecule has 1 unspecified atom stereocenters. The van der Waals surface area contributed by atoms with E-state index in [0.717, 1.165) is 12.2 Å². The molecule has 0 aliphatic carbocycles. The van der Waals surface area contributed by atoms with Gasteiger partial charge in [0.25, 0.3) is 0 Å². The van der Waals surface area contributed by atoms with Crippen LogP contribution in [0.4, 0.5) is 5.69 Å². The van der Waals surface area contributed by atoms with Gasteiger partial charge >= 0.3 is 0 Å². The summed E-state index contributed by atoms with van der Waals surface area (Å²) in [4.78, 5) is 1.19. The molecule has 1 fully saturated rings. The van der Waals surface area contributed by atoms with Gasteiger partial charge in [-0.1, -0.05) is 12.5 Å². The third-order valence-electron chi connectivity index (χ3n) is 2.97. The van der Waals surface area contributed by atoms with Crippen LogP contribution in [0.15, 0.2) is 23.1 Å². The Labute approximate surface area is 95.6 Å². The molecule has 82 valence electrons. The number of hydrogen-bond acceptors (Lipinski definition) is 3. The summed E-state index contributed by atoms with van der Waals surface area (Å²) < 4.78 is 0. The maximum absolute atomic E-state index is 5.89. The molecule has 1 aliphatic heterocycles. The molecule has 1 saturated heterocycles. The van der Waals surface area contributed by atoms with Gasteiger partial charge in [0.2, 0.25) is 0 Å². The van der Waals surface area contributed by atoms with E-state index in [0.29, 0.717) is 6.04 Å². The van der Waals surface area contributed by atoms with Gasteiger partial charge in [-0.3, -0.25) is 0 Å². The van der Waals surface area contributed by atoms with Crippen molar-refractivity contribution in [3.63, 3.8) is 0 Å². The highest BCUT2D eigenvalue weighted by Crippen LogP contribution is 2.29. The Balaban J connectivity index is 2.20. The number of piperidine rings is 1. The van der Waals surface area contributed by atoms with E-state index in [1.807, 2.05) is 6.07 Å². The molecule has 3 heteroatoms. The molecular formula is C12H18N2S. The summed E-state index contributed by atoms with van der Waals surface area (Å²) in [6.07, 6.45) is 5.96. The Kier molecular flexibility index (Phi) is 3.54. The van der Waals surface area contributed by atoms with Crippen molar-refractivity contribution in [2.45, 2.75) is 30.2 Å². The molecule has 2 rings (SSSR count). The quantitative estimate of drug-likeness (QED) is 0.597. The lowest BCUT2D eigenvalue weighted by Gasteiger charge is -2.24. The number of thioether (sulfide) groups is 1. The number of benzene rings is 1. The second kappa shape index (κ2) is 4.90. The summed E-state index contributed by atoms with van der Waals surface area (Å²) in [5.41, 5.74) is 8.16. The topological polar surface area (TPSA) is 38.0 Å². The predicted octanol–water partition coefficient (Wildman–Crippen LogP) is 2.81. The lowest BCUT2D eigenvalue weighted by molar-refractivity contribution is 0.412. The van der Waals surface area contributed by atoms with Crippen LogP contribution in [0, 0.1) is 0 Å². The molecule has 2 nitrogen and oxygen atoms in total. The zero-order valence-corrected chi connectivity index (χ0v) is 9.94. The highest BCUT2D eigenvalue weighted by Gasteiger charge is 2.15. The lowest BCUT2D eigenvalue weighted by atomic mass is 9.97. The molecule has 0 amide bonds. The van der Waals surface area contributed by atoms with Crippen LogP contribution in [-0.4, -0.2) is 12.8 Å². The summed E-state index contributed by atoms with van der Waals surface area (Å²) in [6.45, 7) is 1.14. The largest absolute Gasteiger partial charge is 0.398 e. The standard InChI is InChI=1S/C12H18N2S/c1-15-12-8-9(5-6-10(12)13)11-4-2-3-7-14-11/h5-6,8,11,14H,2-4,7,13H2,1H3. The Morgan fingerprint density at radius 2 is 2.27 bits per heavy atom. The van der Waals surface area contributed by atoms with E-state index in [1.165, 1.54) is 29.7 Å². The molecule has 1 heterocycles. The minimum Gasteiger partial charge on any atom is -0.398 e. The second-order valence-corrected chi connectivity index (χ2v) is 4.85. The van der Waals surface area contributed by atoms with Crippen molar-refractivity contribution >= 4 is 17.4 Å². The van der Waals surface area contributed by atoms with E-state index in [1.54, 1.807) is 11.8 Å². The molecule has 1 aromatic rings. The Morgan fingerprint density at radius 3 is 2.93 bits per heavy atom. The van der Waals surface area contributed by atoms with Gasteiger partial charge in [-0.25, -0.2) is 0 Å². The maximum Gasteiger partial charge on any atom is 0.0452 e. The van der Waals surface area contributed by atoms with Crippen molar-refractivity contribution in [3.8, 4) is 0 Å². The van der Waals surface area contributed by atoms with Crippen LogP contribution in [-0.2, 0) is 0 Å². The van der Waals surface area contributed by atoms with Gasteiger partial charge in [0.15, 0.2) is 0 Å². The van der Waals surface area contributed by atoms with E-state index in [2.05, 4.69) is 23.7 Å². The normalized spacial score (nSPS) is 21.5. The number of nitrogens with two attached hydrogens (primary N) is 1. The van der Waals surface area contributed by atoms with Crippen molar-refractivity contribution in [2.75, 3.05) is 18.5 Å². The predicted molar refractivity (Wildman–Crippen MR) is 67.2 cm³/mol. The maximum atomic E-state index is 5.89. The fourth-order valence-electron chi connectivity index (χ4n) is 2.08. The van der Waals surface area contributed by atoms with Crippen LogP contribution < -0.4 is 11.1 Å². The van der Waals surface area contributed by atoms with Crippen molar-refractivity contribution in [3.05, 3.63) is 23.8 Å². The Bertz CT molecular complexity index is 332. The van der Waals surface area contributed by atoms with Crippen molar-refractivity contribution in [1.29, 1.82) is 0 Å². The lowest BCUT2D eigenvalue weighted by Crippen LogP contribution is -2.26.